The summed E-state index contributed by atoms with van der Waals surface area (Å²) in [5.74, 6) is 0. The maximum absolute atomic E-state index is 3.17. The van der Waals surface area contributed by atoms with Gasteiger partial charge in [0, 0.05) is 0 Å². The molecule has 8 heavy (non-hydrogen) atoms. The van der Waals surface area contributed by atoms with E-state index in [9.17, 15) is 0 Å². The van der Waals surface area contributed by atoms with E-state index in [1.54, 1.807) is 0 Å². The first-order chi connectivity index (χ1) is 3.47. The molecule has 1 aliphatic heterocycles. The molecule has 2 aliphatic rings. The first-order valence-electron chi connectivity index (χ1n) is 2.45. The van der Waals surface area contributed by atoms with E-state index < -0.39 is 0 Å². The molecule has 1 nitrogen and oxygen atoms in total. The van der Waals surface area contributed by atoms with Crippen molar-refractivity contribution in [3.8, 4) is 0 Å². The largest absolute Gasteiger partial charge is 1.00 e. The van der Waals surface area contributed by atoms with Gasteiger partial charge in [-0.15, -0.1) is 12.1 Å². The summed E-state index contributed by atoms with van der Waals surface area (Å²) in [6.07, 6.45) is 8.36. The minimum absolute atomic E-state index is 0. The molecule has 1 atom stereocenters. The molecule has 0 amide bonds. The number of fused-ring (bicyclic) bond motifs is 1. The van der Waals surface area contributed by atoms with Crippen molar-refractivity contribution in [1.29, 1.82) is 0 Å². The summed E-state index contributed by atoms with van der Waals surface area (Å²) in [5, 5.41) is 3.17. The predicted molar refractivity (Wildman–Crippen MR) is 28.4 cm³/mol. The molecule has 0 radical (unpaired) electrons. The molecule has 0 aromatic rings. The summed E-state index contributed by atoms with van der Waals surface area (Å²) >= 11 is 0. The summed E-state index contributed by atoms with van der Waals surface area (Å²) in [5.41, 5.74) is 0. The Kier molecular flexibility index (Phi) is 1.53. The molecule has 1 unspecified atom stereocenters. The Labute approximate surface area is 61.0 Å². The zero-order valence-corrected chi connectivity index (χ0v) is 4.89. The molecule has 1 fully saturated rings. The van der Waals surface area contributed by atoms with Crippen LogP contribution in [-0.2, 0) is 0 Å². The van der Waals surface area contributed by atoms with Gasteiger partial charge in [0.25, 0.3) is 0 Å². The maximum atomic E-state index is 3.17. The first-order valence-corrected chi connectivity index (χ1v) is 2.45. The molecule has 0 aromatic heterocycles. The summed E-state index contributed by atoms with van der Waals surface area (Å²) in [7, 11) is 0. The fraction of sp³-hybridized carbons (Fsp3) is 0.167. The summed E-state index contributed by atoms with van der Waals surface area (Å²) in [6, 6.07) is 1.97. The average molecular weight is 99.1 g/mol. The van der Waals surface area contributed by atoms with E-state index in [4.69, 9.17) is 0 Å². The molecule has 1 heterocycles. The van der Waals surface area contributed by atoms with E-state index in [2.05, 4.69) is 23.5 Å². The maximum Gasteiger partial charge on any atom is 1.00 e. The Morgan fingerprint density at radius 3 is 2.75 bits per heavy atom. The molecule has 0 aromatic carbocycles. The van der Waals surface area contributed by atoms with Gasteiger partial charge in [-0.3, -0.25) is 0 Å². The second-order valence-corrected chi connectivity index (χ2v) is 1.82. The van der Waals surface area contributed by atoms with Crippen LogP contribution < -0.4 is 24.2 Å². The third kappa shape index (κ3) is 0.854. The van der Waals surface area contributed by atoms with E-state index in [-0.39, 0.29) is 18.9 Å². The van der Waals surface area contributed by atoms with E-state index in [0.29, 0.717) is 6.04 Å². The second-order valence-electron chi connectivity index (χ2n) is 1.82. The number of nitrogens with one attached hydrogen (secondary N) is 1. The van der Waals surface area contributed by atoms with Crippen LogP contribution in [0.5, 0.6) is 0 Å². The number of rotatable bonds is 0. The van der Waals surface area contributed by atoms with E-state index >= 15 is 0 Å². The molecule has 1 N–H and O–H groups in total. The van der Waals surface area contributed by atoms with Crippen molar-refractivity contribution in [1.82, 2.24) is 5.32 Å². The Hall–Kier alpha value is -0.0926. The zero-order chi connectivity index (χ0) is 4.69. The van der Waals surface area contributed by atoms with Crippen molar-refractivity contribution in [2.75, 3.05) is 0 Å². The predicted octanol–water partition coefficient (Wildman–Crippen LogP) is -2.38. The Morgan fingerprint density at radius 1 is 1.38 bits per heavy atom. The zero-order valence-electron chi connectivity index (χ0n) is 4.89. The van der Waals surface area contributed by atoms with E-state index in [1.807, 2.05) is 6.08 Å². The minimum Gasteiger partial charge on any atom is -0.373 e. The molecule has 0 saturated carbocycles. The van der Waals surface area contributed by atoms with Crippen LogP contribution in [0.2, 0.25) is 0 Å². The van der Waals surface area contributed by atoms with Crippen LogP contribution >= 0.6 is 0 Å². The van der Waals surface area contributed by atoms with Crippen LogP contribution in [-0.4, -0.2) is 6.04 Å². The monoisotopic (exact) mass is 99.1 g/mol. The SMILES string of the molecule is C1=C[C-]2NC2C=C1.[Li+]. The average Bonchev–Trinajstić information content (AvgIpc) is 2.41. The molecule has 36 valence electrons. The number of allylic oxidation sites excluding steroid dienone is 2. The van der Waals surface area contributed by atoms with Crippen LogP contribution in [0.25, 0.3) is 0 Å². The summed E-state index contributed by atoms with van der Waals surface area (Å²) in [6.45, 7) is 0. The van der Waals surface area contributed by atoms with Gasteiger partial charge in [0.2, 0.25) is 0 Å². The van der Waals surface area contributed by atoms with Gasteiger partial charge in [0.15, 0.2) is 0 Å². The molecular formula is C6H6LiN. The van der Waals surface area contributed by atoms with Gasteiger partial charge in [-0.05, 0) is 6.04 Å². The Bertz CT molecular complexity index is 123. The van der Waals surface area contributed by atoms with Crippen molar-refractivity contribution < 1.29 is 18.9 Å². The molecule has 2 rings (SSSR count). The quantitative estimate of drug-likeness (QED) is 0.204. The Morgan fingerprint density at radius 2 is 2.25 bits per heavy atom. The van der Waals surface area contributed by atoms with Crippen molar-refractivity contribution in [3.63, 3.8) is 0 Å². The topological polar surface area (TPSA) is 21.9 Å². The molecule has 1 aliphatic carbocycles. The smallest absolute Gasteiger partial charge is 0.373 e. The van der Waals surface area contributed by atoms with Gasteiger partial charge in [0.05, 0.1) is 0 Å². The molecule has 1 saturated heterocycles. The second kappa shape index (κ2) is 2.03. The normalized spacial score (nSPS) is 29.0. The molecule has 2 heteroatoms. The van der Waals surface area contributed by atoms with Crippen LogP contribution in [0.1, 0.15) is 0 Å². The minimum atomic E-state index is 0. The van der Waals surface area contributed by atoms with Gasteiger partial charge in [-0.25, -0.2) is 12.2 Å². The van der Waals surface area contributed by atoms with Gasteiger partial charge in [-0.1, -0.05) is 6.08 Å². The Balaban J connectivity index is 0.000000320. The van der Waals surface area contributed by atoms with Crippen LogP contribution in [0.3, 0.4) is 0 Å². The standard InChI is InChI=1S/C6H6N.Li/c1-2-4-6-5(3-1)7-6;/h1-5,7H;/q-1;+1. The molecule has 0 spiro atoms. The molecule has 0 bridgehead atoms. The van der Waals surface area contributed by atoms with Crippen LogP contribution in [0, 0.1) is 6.04 Å². The summed E-state index contributed by atoms with van der Waals surface area (Å²) < 4.78 is 0. The van der Waals surface area contributed by atoms with Crippen LogP contribution in [0.4, 0.5) is 0 Å². The first kappa shape index (κ1) is 6.03. The van der Waals surface area contributed by atoms with Gasteiger partial charge in [-0.2, -0.15) is 0 Å². The van der Waals surface area contributed by atoms with Crippen LogP contribution in [0.15, 0.2) is 24.3 Å². The van der Waals surface area contributed by atoms with Crippen molar-refractivity contribution >= 4 is 0 Å². The number of hydrogen-bond acceptors (Lipinski definition) is 1. The third-order valence-electron chi connectivity index (χ3n) is 1.26. The van der Waals surface area contributed by atoms with Gasteiger partial charge < -0.3 is 5.32 Å². The van der Waals surface area contributed by atoms with Gasteiger partial charge in [0.1, 0.15) is 0 Å². The molecular weight excluding hydrogens is 93.0 g/mol. The third-order valence-corrected chi connectivity index (χ3v) is 1.26. The van der Waals surface area contributed by atoms with Crippen molar-refractivity contribution in [2.24, 2.45) is 0 Å². The summed E-state index contributed by atoms with van der Waals surface area (Å²) in [4.78, 5) is 0. The number of hydrogen-bond donors (Lipinski definition) is 1. The van der Waals surface area contributed by atoms with E-state index in [1.165, 1.54) is 6.04 Å². The van der Waals surface area contributed by atoms with Crippen molar-refractivity contribution in [2.45, 2.75) is 6.04 Å². The van der Waals surface area contributed by atoms with Gasteiger partial charge >= 0.3 is 18.9 Å². The van der Waals surface area contributed by atoms with Crippen molar-refractivity contribution in [3.05, 3.63) is 30.3 Å². The fourth-order valence-corrected chi connectivity index (χ4v) is 0.776. The fourth-order valence-electron chi connectivity index (χ4n) is 0.776. The van der Waals surface area contributed by atoms with E-state index in [0.717, 1.165) is 0 Å².